The molecule has 1 amide bonds. The van der Waals surface area contributed by atoms with E-state index in [0.29, 0.717) is 12.1 Å². The van der Waals surface area contributed by atoms with Gasteiger partial charge in [0.25, 0.3) is 5.91 Å². The van der Waals surface area contributed by atoms with E-state index in [0.717, 1.165) is 22.6 Å². The van der Waals surface area contributed by atoms with Crippen molar-refractivity contribution in [2.45, 2.75) is 13.5 Å². The molecule has 0 aliphatic rings. The smallest absolute Gasteiger partial charge is 0.258 e. The summed E-state index contributed by atoms with van der Waals surface area (Å²) in [6, 6.07) is 18.9. The number of aromatic nitrogens is 1. The fraction of sp³-hybridized carbons (Fsp3) is 0.143. The number of hydrogen-bond acceptors (Lipinski definition) is 3. The van der Waals surface area contributed by atoms with Gasteiger partial charge in [-0.15, -0.1) is 0 Å². The molecule has 2 aromatic carbocycles. The van der Waals surface area contributed by atoms with Crippen LogP contribution in [0.3, 0.4) is 0 Å². The summed E-state index contributed by atoms with van der Waals surface area (Å²) in [5.74, 6) is 0.669. The fourth-order valence-corrected chi connectivity index (χ4v) is 2.64. The Balaban J connectivity index is 1.95. The number of benzene rings is 2. The second-order valence-electron chi connectivity index (χ2n) is 5.82. The molecule has 0 atom stereocenters. The van der Waals surface area contributed by atoms with Gasteiger partial charge >= 0.3 is 0 Å². The van der Waals surface area contributed by atoms with E-state index >= 15 is 0 Å². The maximum atomic E-state index is 13.1. The van der Waals surface area contributed by atoms with Crippen molar-refractivity contribution in [2.24, 2.45) is 0 Å². The first-order valence-electron chi connectivity index (χ1n) is 8.09. The van der Waals surface area contributed by atoms with Crippen LogP contribution < -0.4 is 9.64 Å². The fourth-order valence-electron chi connectivity index (χ4n) is 2.64. The van der Waals surface area contributed by atoms with E-state index in [2.05, 4.69) is 4.98 Å². The van der Waals surface area contributed by atoms with Crippen molar-refractivity contribution in [3.8, 4) is 5.75 Å². The molecule has 126 valence electrons. The van der Waals surface area contributed by atoms with Crippen LogP contribution in [0.5, 0.6) is 5.75 Å². The summed E-state index contributed by atoms with van der Waals surface area (Å²) in [7, 11) is 1.61. The highest BCUT2D eigenvalue weighted by molar-refractivity contribution is 6.06. The molecule has 0 fully saturated rings. The van der Waals surface area contributed by atoms with E-state index in [1.807, 2.05) is 43.3 Å². The lowest BCUT2D eigenvalue weighted by Crippen LogP contribution is -2.30. The lowest BCUT2D eigenvalue weighted by atomic mass is 10.1. The highest BCUT2D eigenvalue weighted by Gasteiger charge is 2.18. The minimum atomic E-state index is -0.0582. The van der Waals surface area contributed by atoms with Crippen LogP contribution in [0.4, 0.5) is 5.69 Å². The van der Waals surface area contributed by atoms with E-state index in [1.165, 1.54) is 0 Å². The standard InChI is InChI=1S/C21H20N2O2/c1-16-5-3-7-19(13-16)23(15-17-6-4-12-22-14-17)21(24)18-8-10-20(25-2)11-9-18/h3-14H,15H2,1-2H3. The van der Waals surface area contributed by atoms with E-state index in [4.69, 9.17) is 4.74 Å². The zero-order chi connectivity index (χ0) is 17.6. The lowest BCUT2D eigenvalue weighted by Gasteiger charge is -2.23. The number of carbonyl (C=O) groups is 1. The van der Waals surface area contributed by atoms with Gasteiger partial charge in [0.05, 0.1) is 13.7 Å². The molecule has 4 nitrogen and oxygen atoms in total. The zero-order valence-electron chi connectivity index (χ0n) is 14.3. The number of anilines is 1. The van der Waals surface area contributed by atoms with Gasteiger partial charge in [0.1, 0.15) is 5.75 Å². The Morgan fingerprint density at radius 3 is 2.52 bits per heavy atom. The Morgan fingerprint density at radius 2 is 1.88 bits per heavy atom. The van der Waals surface area contributed by atoms with Crippen LogP contribution >= 0.6 is 0 Å². The Labute approximate surface area is 147 Å². The second kappa shape index (κ2) is 7.62. The van der Waals surface area contributed by atoms with Gasteiger partial charge in [-0.3, -0.25) is 9.78 Å². The molecule has 0 radical (unpaired) electrons. The molecular weight excluding hydrogens is 312 g/mol. The molecule has 0 N–H and O–H groups in total. The monoisotopic (exact) mass is 332 g/mol. The molecule has 0 saturated carbocycles. The zero-order valence-corrected chi connectivity index (χ0v) is 14.3. The number of carbonyl (C=O) groups excluding carboxylic acids is 1. The summed E-state index contributed by atoms with van der Waals surface area (Å²) < 4.78 is 5.17. The Kier molecular flexibility index (Phi) is 5.09. The summed E-state index contributed by atoms with van der Waals surface area (Å²) in [4.78, 5) is 19.0. The summed E-state index contributed by atoms with van der Waals surface area (Å²) >= 11 is 0. The van der Waals surface area contributed by atoms with Crippen molar-refractivity contribution in [2.75, 3.05) is 12.0 Å². The predicted octanol–water partition coefficient (Wildman–Crippen LogP) is 4.25. The molecule has 0 bridgehead atoms. The number of pyridine rings is 1. The highest BCUT2D eigenvalue weighted by Crippen LogP contribution is 2.22. The molecule has 1 heterocycles. The average molecular weight is 332 g/mol. The van der Waals surface area contributed by atoms with E-state index < -0.39 is 0 Å². The lowest BCUT2D eigenvalue weighted by molar-refractivity contribution is 0.0985. The third-order valence-electron chi connectivity index (χ3n) is 3.96. The van der Waals surface area contributed by atoms with Gasteiger partial charge in [-0.1, -0.05) is 18.2 Å². The third-order valence-corrected chi connectivity index (χ3v) is 3.96. The number of rotatable bonds is 5. The van der Waals surface area contributed by atoms with Crippen molar-refractivity contribution in [1.82, 2.24) is 4.98 Å². The molecule has 0 spiro atoms. The largest absolute Gasteiger partial charge is 0.497 e. The molecule has 3 rings (SSSR count). The average Bonchev–Trinajstić information content (AvgIpc) is 2.66. The van der Waals surface area contributed by atoms with Gasteiger partial charge in [0.15, 0.2) is 0 Å². The first-order chi connectivity index (χ1) is 12.2. The van der Waals surface area contributed by atoms with Crippen molar-refractivity contribution in [3.05, 3.63) is 89.7 Å². The summed E-state index contributed by atoms with van der Waals surface area (Å²) in [5, 5.41) is 0. The SMILES string of the molecule is COc1ccc(C(=O)N(Cc2cccnc2)c2cccc(C)c2)cc1. The number of amides is 1. The maximum absolute atomic E-state index is 13.1. The van der Waals surface area contributed by atoms with Crippen LogP contribution in [0.25, 0.3) is 0 Å². The summed E-state index contributed by atoms with van der Waals surface area (Å²) in [5.41, 5.74) is 3.57. The molecule has 0 aliphatic carbocycles. The predicted molar refractivity (Wildman–Crippen MR) is 98.9 cm³/mol. The molecule has 0 saturated heterocycles. The van der Waals surface area contributed by atoms with Gasteiger partial charge < -0.3 is 9.64 Å². The molecule has 4 heteroatoms. The normalized spacial score (nSPS) is 10.3. The van der Waals surface area contributed by atoms with Gasteiger partial charge in [0, 0.05) is 23.6 Å². The Hall–Kier alpha value is -3.14. The first-order valence-corrected chi connectivity index (χ1v) is 8.09. The highest BCUT2D eigenvalue weighted by atomic mass is 16.5. The van der Waals surface area contributed by atoms with Gasteiger partial charge in [-0.25, -0.2) is 0 Å². The first kappa shape index (κ1) is 16.7. The van der Waals surface area contributed by atoms with Crippen molar-refractivity contribution in [3.63, 3.8) is 0 Å². The summed E-state index contributed by atoms with van der Waals surface area (Å²) in [6.45, 7) is 2.48. The molecule has 1 aromatic heterocycles. The third kappa shape index (κ3) is 4.04. The second-order valence-corrected chi connectivity index (χ2v) is 5.82. The minimum Gasteiger partial charge on any atom is -0.497 e. The molecule has 3 aromatic rings. The number of nitrogens with zero attached hydrogens (tertiary/aromatic N) is 2. The van der Waals surface area contributed by atoms with Crippen LogP contribution in [0.1, 0.15) is 21.5 Å². The number of aryl methyl sites for hydroxylation is 1. The molecule has 25 heavy (non-hydrogen) atoms. The number of hydrogen-bond donors (Lipinski definition) is 0. The van der Waals surface area contributed by atoms with Crippen molar-refractivity contribution >= 4 is 11.6 Å². The van der Waals surface area contributed by atoms with Crippen LogP contribution in [-0.4, -0.2) is 18.0 Å². The van der Waals surface area contributed by atoms with Gasteiger partial charge in [-0.2, -0.15) is 0 Å². The van der Waals surface area contributed by atoms with Gasteiger partial charge in [-0.05, 0) is 60.5 Å². The summed E-state index contributed by atoms with van der Waals surface area (Å²) in [6.07, 6.45) is 3.51. The van der Waals surface area contributed by atoms with Crippen LogP contribution in [0.2, 0.25) is 0 Å². The number of methoxy groups -OCH3 is 1. The minimum absolute atomic E-state index is 0.0582. The molecule has 0 unspecified atom stereocenters. The topological polar surface area (TPSA) is 42.4 Å². The quantitative estimate of drug-likeness (QED) is 0.701. The van der Waals surface area contributed by atoms with Crippen molar-refractivity contribution in [1.29, 1.82) is 0 Å². The van der Waals surface area contributed by atoms with Crippen LogP contribution in [0, 0.1) is 6.92 Å². The Bertz CT molecular complexity index is 845. The van der Waals surface area contributed by atoms with Gasteiger partial charge in [0.2, 0.25) is 0 Å². The maximum Gasteiger partial charge on any atom is 0.258 e. The Morgan fingerprint density at radius 1 is 1.08 bits per heavy atom. The van der Waals surface area contributed by atoms with Crippen LogP contribution in [0.15, 0.2) is 73.1 Å². The molecule has 0 aliphatic heterocycles. The molecular formula is C21H20N2O2. The van der Waals surface area contributed by atoms with Crippen molar-refractivity contribution < 1.29 is 9.53 Å². The van der Waals surface area contributed by atoms with E-state index in [1.54, 1.807) is 48.7 Å². The van der Waals surface area contributed by atoms with E-state index in [9.17, 15) is 4.79 Å². The van der Waals surface area contributed by atoms with Crippen LogP contribution in [-0.2, 0) is 6.54 Å². The number of ether oxygens (including phenoxy) is 1. The van der Waals surface area contributed by atoms with E-state index in [-0.39, 0.29) is 5.91 Å².